The number of para-hydroxylation sites is 1. The van der Waals surface area contributed by atoms with Crippen molar-refractivity contribution in [3.8, 4) is 0 Å². The van der Waals surface area contributed by atoms with Crippen LogP contribution in [0.2, 0.25) is 0 Å². The molecule has 0 aliphatic carbocycles. The van der Waals surface area contributed by atoms with E-state index in [4.69, 9.17) is 0 Å². The van der Waals surface area contributed by atoms with E-state index in [1.165, 1.54) is 0 Å². The van der Waals surface area contributed by atoms with Gasteiger partial charge in [0.05, 0.1) is 10.9 Å². The highest BCUT2D eigenvalue weighted by Crippen LogP contribution is 2.31. The number of amides is 2. The number of aryl methyl sites for hydroxylation is 1. The molecule has 6 nitrogen and oxygen atoms in total. The molecular formula is C21H21BrN4O2. The first-order valence-corrected chi connectivity index (χ1v) is 10.1. The molecule has 4 rings (SSSR count). The van der Waals surface area contributed by atoms with Crippen molar-refractivity contribution in [3.63, 3.8) is 0 Å². The maximum absolute atomic E-state index is 13.1. The lowest BCUT2D eigenvalue weighted by atomic mass is 10.2. The average molecular weight is 441 g/mol. The topological polar surface area (TPSA) is 58.4 Å². The van der Waals surface area contributed by atoms with E-state index >= 15 is 0 Å². The second kappa shape index (κ2) is 7.75. The molecule has 1 fully saturated rings. The van der Waals surface area contributed by atoms with Gasteiger partial charge in [-0.3, -0.25) is 14.6 Å². The van der Waals surface area contributed by atoms with Crippen LogP contribution >= 0.6 is 15.9 Å². The molecule has 1 aliphatic rings. The fourth-order valence-electron chi connectivity index (χ4n) is 3.66. The first-order valence-electron chi connectivity index (χ1n) is 9.26. The Labute approximate surface area is 171 Å². The summed E-state index contributed by atoms with van der Waals surface area (Å²) in [5, 5.41) is 1.03. The van der Waals surface area contributed by atoms with E-state index in [0.29, 0.717) is 38.3 Å². The SMILES string of the molecule is Cn1c(C(=O)N2CCN(C(=O)Cc3ccccn3)CC2)c(Br)c2ccccc21. The van der Waals surface area contributed by atoms with Crippen LogP contribution in [0.25, 0.3) is 10.9 Å². The lowest BCUT2D eigenvalue weighted by Crippen LogP contribution is -2.51. The van der Waals surface area contributed by atoms with Gasteiger partial charge in [0.2, 0.25) is 5.91 Å². The Morgan fingerprint density at radius 3 is 2.36 bits per heavy atom. The highest BCUT2D eigenvalue weighted by molar-refractivity contribution is 9.10. The van der Waals surface area contributed by atoms with Crippen molar-refractivity contribution in [2.45, 2.75) is 6.42 Å². The number of aromatic nitrogens is 2. The molecule has 0 radical (unpaired) electrons. The Bertz CT molecular complexity index is 985. The molecule has 3 aromatic rings. The van der Waals surface area contributed by atoms with E-state index in [1.54, 1.807) is 6.20 Å². The minimum atomic E-state index is -0.0117. The third-order valence-electron chi connectivity index (χ3n) is 5.23. The molecule has 0 N–H and O–H groups in total. The third-order valence-corrected chi connectivity index (χ3v) is 6.03. The molecule has 3 heterocycles. The summed E-state index contributed by atoms with van der Waals surface area (Å²) in [7, 11) is 1.91. The first kappa shape index (κ1) is 18.7. The van der Waals surface area contributed by atoms with Gasteiger partial charge in [-0.2, -0.15) is 0 Å². The standard InChI is InChI=1S/C21H21BrN4O2/c1-24-17-8-3-2-7-16(17)19(22)20(24)21(28)26-12-10-25(11-13-26)18(27)14-15-6-4-5-9-23-15/h2-9H,10-14H2,1H3. The van der Waals surface area contributed by atoms with Crippen LogP contribution in [-0.4, -0.2) is 57.3 Å². The fraction of sp³-hybridized carbons (Fsp3) is 0.286. The monoisotopic (exact) mass is 440 g/mol. The van der Waals surface area contributed by atoms with Crippen molar-refractivity contribution in [3.05, 3.63) is 64.5 Å². The predicted molar refractivity (Wildman–Crippen MR) is 111 cm³/mol. The van der Waals surface area contributed by atoms with Gasteiger partial charge < -0.3 is 14.4 Å². The smallest absolute Gasteiger partial charge is 0.271 e. The molecule has 0 saturated carbocycles. The average Bonchev–Trinajstić information content (AvgIpc) is 2.99. The Hall–Kier alpha value is -2.67. The number of hydrogen-bond acceptors (Lipinski definition) is 3. The molecule has 28 heavy (non-hydrogen) atoms. The predicted octanol–water partition coefficient (Wildman–Crippen LogP) is 2.86. The van der Waals surface area contributed by atoms with Crippen LogP contribution in [-0.2, 0) is 18.3 Å². The summed E-state index contributed by atoms with van der Waals surface area (Å²) in [5.41, 5.74) is 2.43. The van der Waals surface area contributed by atoms with Crippen LogP contribution in [0.15, 0.2) is 53.1 Å². The number of carbonyl (C=O) groups is 2. The van der Waals surface area contributed by atoms with Crippen LogP contribution in [0.5, 0.6) is 0 Å². The number of halogens is 1. The molecule has 144 valence electrons. The number of benzene rings is 1. The van der Waals surface area contributed by atoms with Gasteiger partial charge in [-0.15, -0.1) is 0 Å². The van der Waals surface area contributed by atoms with Crippen molar-refractivity contribution in [1.82, 2.24) is 19.4 Å². The maximum Gasteiger partial charge on any atom is 0.271 e. The van der Waals surface area contributed by atoms with E-state index < -0.39 is 0 Å². The van der Waals surface area contributed by atoms with Gasteiger partial charge in [-0.1, -0.05) is 24.3 Å². The minimum Gasteiger partial charge on any atom is -0.339 e. The zero-order valence-electron chi connectivity index (χ0n) is 15.6. The fourth-order valence-corrected chi connectivity index (χ4v) is 4.43. The Morgan fingerprint density at radius 2 is 1.68 bits per heavy atom. The molecule has 0 bridgehead atoms. The summed E-state index contributed by atoms with van der Waals surface area (Å²) in [6.07, 6.45) is 1.99. The van der Waals surface area contributed by atoms with E-state index in [1.807, 2.05) is 63.9 Å². The summed E-state index contributed by atoms with van der Waals surface area (Å²) in [4.78, 5) is 33.5. The zero-order chi connectivity index (χ0) is 19.7. The summed E-state index contributed by atoms with van der Waals surface area (Å²) in [5.74, 6) is 0.0407. The van der Waals surface area contributed by atoms with Crippen LogP contribution in [0.4, 0.5) is 0 Å². The minimum absolute atomic E-state index is 0.0117. The van der Waals surface area contributed by atoms with E-state index in [0.717, 1.165) is 21.1 Å². The molecule has 2 aromatic heterocycles. The quantitative estimate of drug-likeness (QED) is 0.628. The normalized spacial score (nSPS) is 14.5. The number of fused-ring (bicyclic) bond motifs is 1. The van der Waals surface area contributed by atoms with Crippen molar-refractivity contribution >= 4 is 38.6 Å². The van der Waals surface area contributed by atoms with Crippen molar-refractivity contribution in [2.24, 2.45) is 7.05 Å². The van der Waals surface area contributed by atoms with Gasteiger partial charge >= 0.3 is 0 Å². The highest BCUT2D eigenvalue weighted by atomic mass is 79.9. The largest absolute Gasteiger partial charge is 0.339 e. The number of pyridine rings is 1. The van der Waals surface area contributed by atoms with Gasteiger partial charge in [-0.05, 0) is 34.1 Å². The molecule has 0 spiro atoms. The lowest BCUT2D eigenvalue weighted by Gasteiger charge is -2.35. The number of carbonyl (C=O) groups excluding carboxylic acids is 2. The van der Waals surface area contributed by atoms with Crippen LogP contribution in [0, 0.1) is 0 Å². The number of rotatable bonds is 3. The number of hydrogen-bond donors (Lipinski definition) is 0. The van der Waals surface area contributed by atoms with Crippen molar-refractivity contribution < 1.29 is 9.59 Å². The Balaban J connectivity index is 1.44. The van der Waals surface area contributed by atoms with Crippen LogP contribution in [0.3, 0.4) is 0 Å². The number of piperazine rings is 1. The summed E-state index contributed by atoms with van der Waals surface area (Å²) < 4.78 is 2.75. The molecule has 1 aromatic carbocycles. The molecule has 7 heteroatoms. The molecule has 0 atom stereocenters. The molecular weight excluding hydrogens is 420 g/mol. The second-order valence-corrected chi connectivity index (χ2v) is 7.70. The number of nitrogens with zero attached hydrogens (tertiary/aromatic N) is 4. The van der Waals surface area contributed by atoms with Gasteiger partial charge in [0.15, 0.2) is 0 Å². The second-order valence-electron chi connectivity index (χ2n) is 6.91. The van der Waals surface area contributed by atoms with Gasteiger partial charge in [0.1, 0.15) is 5.69 Å². The lowest BCUT2D eigenvalue weighted by molar-refractivity contribution is -0.132. The van der Waals surface area contributed by atoms with Gasteiger partial charge in [0, 0.05) is 56.0 Å². The van der Waals surface area contributed by atoms with E-state index in [9.17, 15) is 9.59 Å². The van der Waals surface area contributed by atoms with Crippen LogP contribution < -0.4 is 0 Å². The molecule has 2 amide bonds. The Morgan fingerprint density at radius 1 is 1.00 bits per heavy atom. The van der Waals surface area contributed by atoms with Gasteiger partial charge in [-0.25, -0.2) is 0 Å². The Kier molecular flexibility index (Phi) is 5.17. The highest BCUT2D eigenvalue weighted by Gasteiger charge is 2.28. The van der Waals surface area contributed by atoms with Crippen LogP contribution in [0.1, 0.15) is 16.2 Å². The van der Waals surface area contributed by atoms with E-state index in [-0.39, 0.29) is 11.8 Å². The molecule has 1 saturated heterocycles. The zero-order valence-corrected chi connectivity index (χ0v) is 17.2. The maximum atomic E-state index is 13.1. The summed E-state index contributed by atoms with van der Waals surface area (Å²) in [6, 6.07) is 13.5. The van der Waals surface area contributed by atoms with Gasteiger partial charge in [0.25, 0.3) is 5.91 Å². The molecule has 1 aliphatic heterocycles. The first-order chi connectivity index (χ1) is 13.6. The van der Waals surface area contributed by atoms with Crippen molar-refractivity contribution in [1.29, 1.82) is 0 Å². The third kappa shape index (κ3) is 3.42. The van der Waals surface area contributed by atoms with E-state index in [2.05, 4.69) is 20.9 Å². The van der Waals surface area contributed by atoms with Crippen molar-refractivity contribution in [2.75, 3.05) is 26.2 Å². The molecule has 0 unspecified atom stereocenters. The summed E-state index contributed by atoms with van der Waals surface area (Å²) in [6.45, 7) is 2.14. The summed E-state index contributed by atoms with van der Waals surface area (Å²) >= 11 is 3.60.